The molecule has 0 saturated carbocycles. The van der Waals surface area contributed by atoms with E-state index in [4.69, 9.17) is 11.6 Å². The van der Waals surface area contributed by atoms with Gasteiger partial charge in [-0.05, 0) is 24.3 Å². The Bertz CT molecular complexity index is 542. The number of ketones is 1. The molecular formula is C11H9ClN2OS. The molecule has 5 heteroatoms. The van der Waals surface area contributed by atoms with Gasteiger partial charge in [-0.3, -0.25) is 9.48 Å². The zero-order valence-electron chi connectivity index (χ0n) is 8.55. The van der Waals surface area contributed by atoms with E-state index in [0.29, 0.717) is 9.90 Å². The van der Waals surface area contributed by atoms with Crippen LogP contribution in [0.15, 0.2) is 30.6 Å². The Balaban J connectivity index is 2.10. The summed E-state index contributed by atoms with van der Waals surface area (Å²) in [5.74, 6) is -0.0578. The Kier molecular flexibility index (Phi) is 3.22. The first-order valence-electron chi connectivity index (χ1n) is 4.61. The fourth-order valence-corrected chi connectivity index (χ4v) is 2.18. The minimum atomic E-state index is -0.0578. The van der Waals surface area contributed by atoms with Crippen molar-refractivity contribution in [1.29, 1.82) is 0 Å². The lowest BCUT2D eigenvalue weighted by Gasteiger charge is -1.87. The number of hydrogen-bond donors (Lipinski definition) is 0. The van der Waals surface area contributed by atoms with Gasteiger partial charge in [0.25, 0.3) is 0 Å². The summed E-state index contributed by atoms with van der Waals surface area (Å²) in [5.41, 5.74) is 0.585. The summed E-state index contributed by atoms with van der Waals surface area (Å²) in [6, 6.07) is 3.68. The molecule has 0 aliphatic carbocycles. The molecular weight excluding hydrogens is 244 g/mol. The van der Waals surface area contributed by atoms with Crippen molar-refractivity contribution in [3.05, 3.63) is 45.4 Å². The van der Waals surface area contributed by atoms with Gasteiger partial charge < -0.3 is 0 Å². The van der Waals surface area contributed by atoms with Crippen LogP contribution < -0.4 is 0 Å². The van der Waals surface area contributed by atoms with Crippen LogP contribution in [-0.4, -0.2) is 15.6 Å². The van der Waals surface area contributed by atoms with E-state index >= 15 is 0 Å². The summed E-state index contributed by atoms with van der Waals surface area (Å²) in [7, 11) is 1.78. The van der Waals surface area contributed by atoms with Crippen molar-refractivity contribution < 1.29 is 4.79 Å². The molecule has 0 atom stereocenters. The molecule has 2 aromatic rings. The number of aryl methyl sites for hydroxylation is 1. The third-order valence-corrected chi connectivity index (χ3v) is 3.18. The minimum absolute atomic E-state index is 0.0578. The van der Waals surface area contributed by atoms with Gasteiger partial charge in [0.1, 0.15) is 0 Å². The SMILES string of the molecule is Cn1cc(C(=O)/C=C\c2ccc(Cl)s2)cn1. The Morgan fingerprint density at radius 2 is 2.38 bits per heavy atom. The topological polar surface area (TPSA) is 34.9 Å². The third kappa shape index (κ3) is 2.59. The normalized spacial score (nSPS) is 11.1. The van der Waals surface area contributed by atoms with Crippen LogP contribution in [0, 0.1) is 0 Å². The van der Waals surface area contributed by atoms with E-state index in [1.165, 1.54) is 17.4 Å². The van der Waals surface area contributed by atoms with Gasteiger partial charge in [0, 0.05) is 18.1 Å². The van der Waals surface area contributed by atoms with Crippen molar-refractivity contribution in [1.82, 2.24) is 9.78 Å². The Hall–Kier alpha value is -1.39. The molecule has 0 radical (unpaired) electrons. The smallest absolute Gasteiger partial charge is 0.189 e. The van der Waals surface area contributed by atoms with Crippen LogP contribution in [0.2, 0.25) is 4.34 Å². The van der Waals surface area contributed by atoms with Crippen molar-refractivity contribution in [2.24, 2.45) is 7.05 Å². The number of rotatable bonds is 3. The van der Waals surface area contributed by atoms with Gasteiger partial charge in [-0.15, -0.1) is 11.3 Å². The van der Waals surface area contributed by atoms with Crippen molar-refractivity contribution in [2.75, 3.05) is 0 Å². The predicted octanol–water partition coefficient (Wildman–Crippen LogP) is 3.03. The molecule has 3 nitrogen and oxygen atoms in total. The maximum absolute atomic E-state index is 11.7. The lowest BCUT2D eigenvalue weighted by Crippen LogP contribution is -1.91. The third-order valence-electron chi connectivity index (χ3n) is 1.98. The van der Waals surface area contributed by atoms with E-state index in [9.17, 15) is 4.79 Å². The van der Waals surface area contributed by atoms with E-state index in [1.54, 1.807) is 36.3 Å². The molecule has 0 amide bonds. The Labute approximate surface area is 102 Å². The van der Waals surface area contributed by atoms with Crippen molar-refractivity contribution >= 4 is 34.8 Å². The highest BCUT2D eigenvalue weighted by Gasteiger charge is 2.03. The summed E-state index contributed by atoms with van der Waals surface area (Å²) < 4.78 is 2.32. The van der Waals surface area contributed by atoms with Crippen LogP contribution in [0.1, 0.15) is 15.2 Å². The van der Waals surface area contributed by atoms with Gasteiger partial charge in [-0.25, -0.2) is 0 Å². The first kappa shape index (κ1) is 11.1. The van der Waals surface area contributed by atoms with Crippen LogP contribution >= 0.6 is 22.9 Å². The summed E-state index contributed by atoms with van der Waals surface area (Å²) in [6.45, 7) is 0. The predicted molar refractivity (Wildman–Crippen MR) is 65.9 cm³/mol. The maximum Gasteiger partial charge on any atom is 0.189 e. The van der Waals surface area contributed by atoms with Crippen LogP contribution in [-0.2, 0) is 7.05 Å². The van der Waals surface area contributed by atoms with Crippen molar-refractivity contribution in [3.8, 4) is 0 Å². The molecule has 2 aromatic heterocycles. The van der Waals surface area contributed by atoms with Crippen LogP contribution in [0.25, 0.3) is 6.08 Å². The largest absolute Gasteiger partial charge is 0.289 e. The molecule has 0 bridgehead atoms. The summed E-state index contributed by atoms with van der Waals surface area (Å²) in [4.78, 5) is 12.6. The molecule has 2 heterocycles. The minimum Gasteiger partial charge on any atom is -0.289 e. The van der Waals surface area contributed by atoms with E-state index in [0.717, 1.165) is 4.88 Å². The monoisotopic (exact) mass is 252 g/mol. The van der Waals surface area contributed by atoms with Crippen LogP contribution in [0.3, 0.4) is 0 Å². The van der Waals surface area contributed by atoms with Gasteiger partial charge in [0.05, 0.1) is 16.1 Å². The molecule has 0 aliphatic heterocycles. The van der Waals surface area contributed by atoms with E-state index in [-0.39, 0.29) is 5.78 Å². The van der Waals surface area contributed by atoms with E-state index in [1.807, 2.05) is 6.07 Å². The number of aromatic nitrogens is 2. The number of halogens is 1. The van der Waals surface area contributed by atoms with Gasteiger partial charge >= 0.3 is 0 Å². The number of allylic oxidation sites excluding steroid dienone is 1. The molecule has 0 saturated heterocycles. The summed E-state index contributed by atoms with van der Waals surface area (Å²) in [5, 5.41) is 3.94. The molecule has 82 valence electrons. The van der Waals surface area contributed by atoms with Crippen LogP contribution in [0.5, 0.6) is 0 Å². The first-order chi connectivity index (χ1) is 7.65. The average Bonchev–Trinajstić information content (AvgIpc) is 2.84. The number of thiophene rings is 1. The molecule has 2 rings (SSSR count). The first-order valence-corrected chi connectivity index (χ1v) is 5.81. The Morgan fingerprint density at radius 3 is 2.94 bits per heavy atom. The number of nitrogens with zero attached hydrogens (tertiary/aromatic N) is 2. The summed E-state index contributed by atoms with van der Waals surface area (Å²) in [6.07, 6.45) is 6.52. The molecule has 0 spiro atoms. The highest BCUT2D eigenvalue weighted by molar-refractivity contribution is 7.17. The molecule has 0 aromatic carbocycles. The number of carbonyl (C=O) groups is 1. The van der Waals surface area contributed by atoms with Crippen molar-refractivity contribution in [3.63, 3.8) is 0 Å². The quantitative estimate of drug-likeness (QED) is 0.622. The molecule has 0 unspecified atom stereocenters. The fraction of sp³-hybridized carbons (Fsp3) is 0.0909. The highest BCUT2D eigenvalue weighted by Crippen LogP contribution is 2.22. The standard InChI is InChI=1S/C11H9ClN2OS/c1-14-7-8(6-13-14)10(15)4-2-9-3-5-11(12)16-9/h2-7H,1H3/b4-2-. The average molecular weight is 253 g/mol. The zero-order chi connectivity index (χ0) is 11.5. The number of hydrogen-bond acceptors (Lipinski definition) is 3. The second kappa shape index (κ2) is 4.63. The highest BCUT2D eigenvalue weighted by atomic mass is 35.5. The van der Waals surface area contributed by atoms with Gasteiger partial charge in [0.15, 0.2) is 5.78 Å². The molecule has 0 aliphatic rings. The van der Waals surface area contributed by atoms with Gasteiger partial charge in [-0.2, -0.15) is 5.10 Å². The van der Waals surface area contributed by atoms with E-state index in [2.05, 4.69) is 5.10 Å². The molecule has 16 heavy (non-hydrogen) atoms. The maximum atomic E-state index is 11.7. The molecule has 0 fully saturated rings. The van der Waals surface area contributed by atoms with Gasteiger partial charge in [-0.1, -0.05) is 11.6 Å². The Morgan fingerprint density at radius 1 is 1.56 bits per heavy atom. The van der Waals surface area contributed by atoms with Crippen molar-refractivity contribution in [2.45, 2.75) is 0 Å². The van der Waals surface area contributed by atoms with Gasteiger partial charge in [0.2, 0.25) is 0 Å². The zero-order valence-corrected chi connectivity index (χ0v) is 10.1. The number of carbonyl (C=O) groups excluding carboxylic acids is 1. The molecule has 0 N–H and O–H groups in total. The summed E-state index contributed by atoms with van der Waals surface area (Å²) >= 11 is 7.22. The second-order valence-electron chi connectivity index (χ2n) is 3.24. The lowest BCUT2D eigenvalue weighted by atomic mass is 10.2. The van der Waals surface area contributed by atoms with E-state index < -0.39 is 0 Å². The fourth-order valence-electron chi connectivity index (χ4n) is 1.22. The van der Waals surface area contributed by atoms with Crippen LogP contribution in [0.4, 0.5) is 0 Å². The second-order valence-corrected chi connectivity index (χ2v) is 4.99. The lowest BCUT2D eigenvalue weighted by molar-refractivity contribution is 0.104.